The van der Waals surface area contributed by atoms with E-state index in [1.54, 1.807) is 0 Å². The summed E-state index contributed by atoms with van der Waals surface area (Å²) in [7, 11) is 0. The van der Waals surface area contributed by atoms with Crippen LogP contribution in [-0.4, -0.2) is 5.78 Å². The fourth-order valence-corrected chi connectivity index (χ4v) is 3.94. The first-order valence-corrected chi connectivity index (χ1v) is 6.60. The first-order valence-electron chi connectivity index (χ1n) is 6.60. The summed E-state index contributed by atoms with van der Waals surface area (Å²) < 4.78 is 0. The Hall–Kier alpha value is -0.330. The summed E-state index contributed by atoms with van der Waals surface area (Å²) in [4.78, 5) is 12.3. The molecule has 0 saturated heterocycles. The number of ketones is 1. The molecule has 2 aliphatic rings. The van der Waals surface area contributed by atoms with Gasteiger partial charge in [-0.1, -0.05) is 33.6 Å². The maximum Gasteiger partial charge on any atom is 0.139 e. The van der Waals surface area contributed by atoms with Crippen LogP contribution in [0.15, 0.2) is 0 Å². The highest BCUT2D eigenvalue weighted by atomic mass is 16.1. The van der Waals surface area contributed by atoms with Gasteiger partial charge in [-0.2, -0.15) is 0 Å². The van der Waals surface area contributed by atoms with E-state index in [9.17, 15) is 4.79 Å². The Morgan fingerprint density at radius 1 is 1.27 bits per heavy atom. The van der Waals surface area contributed by atoms with Gasteiger partial charge in [-0.25, -0.2) is 0 Å². The van der Waals surface area contributed by atoms with Crippen LogP contribution in [0.5, 0.6) is 0 Å². The maximum absolute atomic E-state index is 12.3. The van der Waals surface area contributed by atoms with Gasteiger partial charge < -0.3 is 0 Å². The van der Waals surface area contributed by atoms with E-state index >= 15 is 0 Å². The molecule has 2 aliphatic carbocycles. The second kappa shape index (κ2) is 3.92. The van der Waals surface area contributed by atoms with Gasteiger partial charge in [-0.05, 0) is 37.0 Å². The van der Waals surface area contributed by atoms with Crippen LogP contribution in [-0.2, 0) is 4.79 Å². The van der Waals surface area contributed by atoms with Crippen molar-refractivity contribution in [3.8, 4) is 0 Å². The molecule has 2 saturated carbocycles. The topological polar surface area (TPSA) is 17.1 Å². The van der Waals surface area contributed by atoms with Crippen molar-refractivity contribution in [1.29, 1.82) is 0 Å². The van der Waals surface area contributed by atoms with Crippen LogP contribution in [0, 0.1) is 23.2 Å². The minimum Gasteiger partial charge on any atom is -0.299 e. The van der Waals surface area contributed by atoms with Crippen molar-refractivity contribution in [3.05, 3.63) is 0 Å². The van der Waals surface area contributed by atoms with Gasteiger partial charge in [0.05, 0.1) is 0 Å². The van der Waals surface area contributed by atoms with Gasteiger partial charge in [0.1, 0.15) is 5.78 Å². The maximum atomic E-state index is 12.3. The number of Topliss-reactive ketones (excluding diaryl/α,β-unsaturated/α-hetero) is 1. The minimum atomic E-state index is 0.361. The zero-order valence-electron chi connectivity index (χ0n) is 10.4. The predicted octanol–water partition coefficient (Wildman–Crippen LogP) is 3.82. The third-order valence-corrected chi connectivity index (χ3v) is 4.80. The van der Waals surface area contributed by atoms with Gasteiger partial charge in [0.15, 0.2) is 0 Å². The van der Waals surface area contributed by atoms with E-state index in [4.69, 9.17) is 0 Å². The molecular formula is C14H24O. The molecule has 0 aliphatic heterocycles. The summed E-state index contributed by atoms with van der Waals surface area (Å²) in [5.74, 6) is 2.05. The largest absolute Gasteiger partial charge is 0.299 e. The van der Waals surface area contributed by atoms with Crippen molar-refractivity contribution in [3.63, 3.8) is 0 Å². The lowest BCUT2D eigenvalue weighted by Crippen LogP contribution is -2.46. The molecule has 1 heteroatoms. The van der Waals surface area contributed by atoms with Crippen LogP contribution < -0.4 is 0 Å². The number of hydrogen-bond donors (Lipinski definition) is 0. The van der Waals surface area contributed by atoms with Crippen LogP contribution >= 0.6 is 0 Å². The number of carbonyl (C=O) groups is 1. The standard InChI is InChI=1S/C14H24O/c1-4-10-9-14(2,3)12-8-6-5-7-11(12)13(10)15/h10-12H,4-9H2,1-3H3/t10?,11-,12+/m1/s1. The molecule has 0 spiro atoms. The van der Waals surface area contributed by atoms with Crippen LogP contribution in [0.4, 0.5) is 0 Å². The molecular weight excluding hydrogens is 184 g/mol. The average molecular weight is 208 g/mol. The Kier molecular flexibility index (Phi) is 2.92. The quantitative estimate of drug-likeness (QED) is 0.640. The molecule has 3 atom stereocenters. The van der Waals surface area contributed by atoms with Crippen LogP contribution in [0.1, 0.15) is 59.3 Å². The lowest BCUT2D eigenvalue weighted by atomic mass is 9.55. The molecule has 0 aromatic rings. The summed E-state index contributed by atoms with van der Waals surface area (Å²) >= 11 is 0. The van der Waals surface area contributed by atoms with Crippen LogP contribution in [0.25, 0.3) is 0 Å². The van der Waals surface area contributed by atoms with E-state index in [0.717, 1.165) is 12.8 Å². The second-order valence-corrected chi connectivity index (χ2v) is 6.20. The monoisotopic (exact) mass is 208 g/mol. The van der Waals surface area contributed by atoms with Crippen molar-refractivity contribution < 1.29 is 4.79 Å². The van der Waals surface area contributed by atoms with Crippen molar-refractivity contribution in [2.75, 3.05) is 0 Å². The minimum absolute atomic E-state index is 0.361. The summed E-state index contributed by atoms with van der Waals surface area (Å²) in [6, 6.07) is 0. The lowest BCUT2D eigenvalue weighted by Gasteiger charge is -2.48. The predicted molar refractivity (Wildman–Crippen MR) is 62.6 cm³/mol. The number of rotatable bonds is 1. The molecule has 0 heterocycles. The SMILES string of the molecule is CCC1CC(C)(C)[C@H]2CCCC[C@H]2C1=O. The Labute approximate surface area is 93.6 Å². The van der Waals surface area contributed by atoms with Gasteiger partial charge in [0.25, 0.3) is 0 Å². The van der Waals surface area contributed by atoms with Gasteiger partial charge >= 0.3 is 0 Å². The Morgan fingerprint density at radius 3 is 2.60 bits per heavy atom. The molecule has 0 amide bonds. The van der Waals surface area contributed by atoms with Crippen molar-refractivity contribution in [1.82, 2.24) is 0 Å². The van der Waals surface area contributed by atoms with Crippen molar-refractivity contribution in [2.45, 2.75) is 59.3 Å². The molecule has 0 aromatic carbocycles. The van der Waals surface area contributed by atoms with E-state index in [-0.39, 0.29) is 0 Å². The molecule has 1 nitrogen and oxygen atoms in total. The van der Waals surface area contributed by atoms with Crippen LogP contribution in [0.2, 0.25) is 0 Å². The molecule has 0 bridgehead atoms. The Morgan fingerprint density at radius 2 is 1.93 bits per heavy atom. The number of hydrogen-bond acceptors (Lipinski definition) is 1. The smallest absolute Gasteiger partial charge is 0.139 e. The average Bonchev–Trinajstić information content (AvgIpc) is 2.24. The van der Waals surface area contributed by atoms with Gasteiger partial charge in [0.2, 0.25) is 0 Å². The molecule has 86 valence electrons. The molecule has 1 unspecified atom stereocenters. The van der Waals surface area contributed by atoms with E-state index in [1.807, 2.05) is 0 Å². The molecule has 2 fully saturated rings. The molecule has 15 heavy (non-hydrogen) atoms. The second-order valence-electron chi connectivity index (χ2n) is 6.20. The van der Waals surface area contributed by atoms with Crippen LogP contribution in [0.3, 0.4) is 0 Å². The summed E-state index contributed by atoms with van der Waals surface area (Å²) in [6.45, 7) is 6.93. The van der Waals surface area contributed by atoms with Crippen molar-refractivity contribution in [2.24, 2.45) is 23.2 Å². The lowest BCUT2D eigenvalue weighted by molar-refractivity contribution is -0.139. The van der Waals surface area contributed by atoms with Gasteiger partial charge in [0, 0.05) is 11.8 Å². The molecule has 0 radical (unpaired) electrons. The number of fused-ring (bicyclic) bond motifs is 1. The number of carbonyl (C=O) groups excluding carboxylic acids is 1. The van der Waals surface area contributed by atoms with E-state index < -0.39 is 0 Å². The fraction of sp³-hybridized carbons (Fsp3) is 0.929. The molecule has 0 aromatic heterocycles. The molecule has 2 rings (SSSR count). The highest BCUT2D eigenvalue weighted by Crippen LogP contribution is 2.51. The zero-order valence-corrected chi connectivity index (χ0v) is 10.4. The third-order valence-electron chi connectivity index (χ3n) is 4.80. The highest BCUT2D eigenvalue weighted by Gasteiger charge is 2.47. The first-order chi connectivity index (χ1) is 7.06. The first kappa shape index (κ1) is 11.2. The van der Waals surface area contributed by atoms with Gasteiger partial charge in [-0.15, -0.1) is 0 Å². The summed E-state index contributed by atoms with van der Waals surface area (Å²) in [5.41, 5.74) is 0.402. The Bertz CT molecular complexity index is 254. The van der Waals surface area contributed by atoms with E-state index in [0.29, 0.717) is 29.0 Å². The normalized spacial score (nSPS) is 39.9. The summed E-state index contributed by atoms with van der Waals surface area (Å²) in [6.07, 6.45) is 7.26. The van der Waals surface area contributed by atoms with Gasteiger partial charge in [-0.3, -0.25) is 4.79 Å². The molecule has 0 N–H and O–H groups in total. The van der Waals surface area contributed by atoms with E-state index in [1.165, 1.54) is 25.7 Å². The summed E-state index contributed by atoms with van der Waals surface area (Å²) in [5, 5.41) is 0. The zero-order chi connectivity index (χ0) is 11.1. The third kappa shape index (κ3) is 1.86. The van der Waals surface area contributed by atoms with Crippen molar-refractivity contribution >= 4 is 5.78 Å². The highest BCUT2D eigenvalue weighted by molar-refractivity contribution is 5.84. The Balaban J connectivity index is 2.22. The fourth-order valence-electron chi connectivity index (χ4n) is 3.94. The van der Waals surface area contributed by atoms with E-state index in [2.05, 4.69) is 20.8 Å².